The highest BCUT2D eigenvalue weighted by atomic mass is 15.0. The Morgan fingerprint density at radius 2 is 2.20 bits per heavy atom. The molecule has 0 saturated carbocycles. The lowest BCUT2D eigenvalue weighted by Crippen LogP contribution is -2.11. The van der Waals surface area contributed by atoms with Crippen LogP contribution in [-0.4, -0.2) is 9.55 Å². The van der Waals surface area contributed by atoms with Gasteiger partial charge in [0.25, 0.3) is 0 Å². The van der Waals surface area contributed by atoms with Gasteiger partial charge in [-0.1, -0.05) is 35.5 Å². The largest absolute Gasteiger partial charge is 0.333 e. The van der Waals surface area contributed by atoms with Crippen LogP contribution >= 0.6 is 0 Å². The molecule has 0 saturated heterocycles. The molecule has 20 heavy (non-hydrogen) atoms. The lowest BCUT2D eigenvalue weighted by Gasteiger charge is -2.27. The van der Waals surface area contributed by atoms with Gasteiger partial charge < -0.3 is 4.57 Å². The normalized spacial score (nSPS) is 24.9. The first-order chi connectivity index (χ1) is 9.90. The molecule has 0 fully saturated rings. The van der Waals surface area contributed by atoms with Gasteiger partial charge in [0.1, 0.15) is 0 Å². The van der Waals surface area contributed by atoms with Gasteiger partial charge in [-0.2, -0.15) is 0 Å². The molecule has 0 radical (unpaired) electrons. The third-order valence-electron chi connectivity index (χ3n) is 4.71. The Kier molecular flexibility index (Phi) is 2.95. The summed E-state index contributed by atoms with van der Waals surface area (Å²) in [7, 11) is 0. The van der Waals surface area contributed by atoms with Crippen molar-refractivity contribution in [2.75, 3.05) is 0 Å². The first kappa shape index (κ1) is 12.0. The van der Waals surface area contributed by atoms with Gasteiger partial charge in [0.15, 0.2) is 0 Å². The number of rotatable bonds is 2. The highest BCUT2D eigenvalue weighted by molar-refractivity contribution is 5.50. The van der Waals surface area contributed by atoms with E-state index >= 15 is 0 Å². The van der Waals surface area contributed by atoms with Crippen LogP contribution in [0.1, 0.15) is 32.1 Å². The van der Waals surface area contributed by atoms with Gasteiger partial charge in [-0.3, -0.25) is 0 Å². The van der Waals surface area contributed by atoms with Crippen LogP contribution < -0.4 is 0 Å². The van der Waals surface area contributed by atoms with Crippen LogP contribution in [0, 0.1) is 5.92 Å². The van der Waals surface area contributed by atoms with E-state index in [4.69, 9.17) is 0 Å². The van der Waals surface area contributed by atoms with E-state index in [-0.39, 0.29) is 0 Å². The van der Waals surface area contributed by atoms with E-state index in [0.717, 1.165) is 6.54 Å². The first-order valence-corrected chi connectivity index (χ1v) is 7.65. The summed E-state index contributed by atoms with van der Waals surface area (Å²) in [5.74, 6) is 0.520. The van der Waals surface area contributed by atoms with E-state index in [2.05, 4.69) is 40.1 Å². The molecule has 0 bridgehead atoms. The van der Waals surface area contributed by atoms with E-state index in [1.165, 1.54) is 32.1 Å². The zero-order valence-corrected chi connectivity index (χ0v) is 11.8. The Morgan fingerprint density at radius 1 is 1.20 bits per heavy atom. The van der Waals surface area contributed by atoms with Crippen molar-refractivity contribution in [1.29, 1.82) is 0 Å². The number of nitrogens with zero attached hydrogens (tertiary/aromatic N) is 2. The number of hydrogen-bond donors (Lipinski definition) is 0. The van der Waals surface area contributed by atoms with E-state index < -0.39 is 0 Å². The van der Waals surface area contributed by atoms with E-state index in [1.807, 2.05) is 12.5 Å². The predicted octanol–water partition coefficient (Wildman–Crippen LogP) is 4.20. The molecule has 2 nitrogen and oxygen atoms in total. The zero-order valence-electron chi connectivity index (χ0n) is 11.8. The fourth-order valence-corrected chi connectivity index (χ4v) is 3.79. The van der Waals surface area contributed by atoms with Crippen molar-refractivity contribution >= 4 is 0 Å². The maximum absolute atomic E-state index is 4.15. The lowest BCUT2D eigenvalue weighted by molar-refractivity contribution is 0.692. The predicted molar refractivity (Wildman–Crippen MR) is 81.1 cm³/mol. The summed E-state index contributed by atoms with van der Waals surface area (Å²) in [5, 5.41) is 0. The Hall–Kier alpha value is -1.83. The molecular weight excluding hydrogens is 244 g/mol. The van der Waals surface area contributed by atoms with Gasteiger partial charge in [-0.05, 0) is 43.3 Å². The van der Waals surface area contributed by atoms with Crippen LogP contribution in [0.4, 0.5) is 0 Å². The summed E-state index contributed by atoms with van der Waals surface area (Å²) < 4.78 is 2.18. The third kappa shape index (κ3) is 2.09. The van der Waals surface area contributed by atoms with Crippen molar-refractivity contribution < 1.29 is 0 Å². The average Bonchev–Trinajstić information content (AvgIpc) is 2.91. The van der Waals surface area contributed by atoms with Crippen LogP contribution in [0.25, 0.3) is 0 Å². The molecule has 3 aliphatic carbocycles. The van der Waals surface area contributed by atoms with Crippen molar-refractivity contribution in [1.82, 2.24) is 9.55 Å². The van der Waals surface area contributed by atoms with Crippen molar-refractivity contribution in [2.24, 2.45) is 5.92 Å². The molecule has 0 aliphatic heterocycles. The van der Waals surface area contributed by atoms with Crippen molar-refractivity contribution in [3.8, 4) is 0 Å². The molecule has 0 spiro atoms. The minimum absolute atomic E-state index is 0.520. The van der Waals surface area contributed by atoms with Gasteiger partial charge in [0.2, 0.25) is 0 Å². The fourth-order valence-electron chi connectivity index (χ4n) is 3.79. The standard InChI is InChI=1S/C18H20N2/c1-3-15-4-2-6-17-11-14(12-20-10-9-19-13-20)7-8-16(5-1)18(15)17/h2,4,6,9-11,13,17H,1,3,5,7-8,12H2. The summed E-state index contributed by atoms with van der Waals surface area (Å²) in [4.78, 5) is 4.15. The average molecular weight is 264 g/mol. The Balaban J connectivity index is 1.66. The van der Waals surface area contributed by atoms with Gasteiger partial charge in [-0.25, -0.2) is 4.98 Å². The minimum atomic E-state index is 0.520. The molecule has 1 aromatic rings. The highest BCUT2D eigenvalue weighted by Gasteiger charge is 2.26. The van der Waals surface area contributed by atoms with Crippen molar-refractivity contribution in [3.05, 3.63) is 65.3 Å². The van der Waals surface area contributed by atoms with Crippen LogP contribution in [0.3, 0.4) is 0 Å². The van der Waals surface area contributed by atoms with Gasteiger partial charge >= 0.3 is 0 Å². The summed E-state index contributed by atoms with van der Waals surface area (Å²) >= 11 is 0. The molecule has 1 aromatic heterocycles. The molecule has 1 heterocycles. The third-order valence-corrected chi connectivity index (χ3v) is 4.71. The molecular formula is C18H20N2. The monoisotopic (exact) mass is 264 g/mol. The fraction of sp³-hybridized carbons (Fsp3) is 0.389. The Labute approximate surface area is 120 Å². The maximum Gasteiger partial charge on any atom is 0.0948 e. The second kappa shape index (κ2) is 4.93. The van der Waals surface area contributed by atoms with E-state index in [1.54, 1.807) is 22.3 Å². The number of allylic oxidation sites excluding steroid dienone is 8. The summed E-state index contributed by atoms with van der Waals surface area (Å²) in [5.41, 5.74) is 6.51. The molecule has 102 valence electrons. The Bertz CT molecular complexity index is 626. The summed E-state index contributed by atoms with van der Waals surface area (Å²) in [6, 6.07) is 0. The first-order valence-electron chi connectivity index (χ1n) is 7.65. The second-order valence-electron chi connectivity index (χ2n) is 6.03. The van der Waals surface area contributed by atoms with Crippen LogP contribution in [0.15, 0.2) is 65.3 Å². The molecule has 0 amide bonds. The van der Waals surface area contributed by atoms with Gasteiger partial charge in [0, 0.05) is 24.9 Å². The van der Waals surface area contributed by atoms with Crippen molar-refractivity contribution in [3.63, 3.8) is 0 Å². The SMILES string of the molecule is C1=CC2C=C(Cn3ccnc3)CCC3=C2C(=C1)CCC3. The highest BCUT2D eigenvalue weighted by Crippen LogP contribution is 2.42. The minimum Gasteiger partial charge on any atom is -0.333 e. The van der Waals surface area contributed by atoms with Crippen LogP contribution in [0.2, 0.25) is 0 Å². The van der Waals surface area contributed by atoms with Crippen molar-refractivity contribution in [2.45, 2.75) is 38.6 Å². The zero-order chi connectivity index (χ0) is 13.4. The molecule has 2 heteroatoms. The summed E-state index contributed by atoms with van der Waals surface area (Å²) in [6.45, 7) is 0.990. The molecule has 1 unspecified atom stereocenters. The molecule has 0 aromatic carbocycles. The molecule has 1 atom stereocenters. The Morgan fingerprint density at radius 3 is 3.10 bits per heavy atom. The summed E-state index contributed by atoms with van der Waals surface area (Å²) in [6.07, 6.45) is 21.6. The number of aromatic nitrogens is 2. The quantitative estimate of drug-likeness (QED) is 0.732. The van der Waals surface area contributed by atoms with Gasteiger partial charge in [0.05, 0.1) is 6.33 Å². The van der Waals surface area contributed by atoms with E-state index in [9.17, 15) is 0 Å². The topological polar surface area (TPSA) is 17.8 Å². The van der Waals surface area contributed by atoms with E-state index in [0.29, 0.717) is 5.92 Å². The number of hydrogen-bond acceptors (Lipinski definition) is 1. The molecule has 3 aliphatic rings. The second-order valence-corrected chi connectivity index (χ2v) is 6.03. The van der Waals surface area contributed by atoms with Crippen LogP contribution in [-0.2, 0) is 6.54 Å². The van der Waals surface area contributed by atoms with Crippen LogP contribution in [0.5, 0.6) is 0 Å². The lowest BCUT2D eigenvalue weighted by atomic mass is 9.78. The maximum atomic E-state index is 4.15. The van der Waals surface area contributed by atoms with Gasteiger partial charge in [-0.15, -0.1) is 0 Å². The number of imidazole rings is 1. The molecule has 4 rings (SSSR count). The molecule has 0 N–H and O–H groups in total. The smallest absolute Gasteiger partial charge is 0.0948 e.